The molecule has 1 aromatic rings. The van der Waals surface area contributed by atoms with Gasteiger partial charge in [-0.15, -0.1) is 0 Å². The van der Waals surface area contributed by atoms with Gasteiger partial charge in [0.25, 0.3) is 0 Å². The smallest absolute Gasteiger partial charge is 0.246 e. The SMILES string of the molecule is COc1ccc(/C=C/C(=O)N2CCC(C(N)=O)CC2)c(OC)c1OC. The van der Waals surface area contributed by atoms with Crippen LogP contribution < -0.4 is 19.9 Å². The molecule has 1 aliphatic rings. The van der Waals surface area contributed by atoms with Gasteiger partial charge >= 0.3 is 0 Å². The number of carbonyl (C=O) groups excluding carboxylic acids is 2. The molecule has 2 N–H and O–H groups in total. The zero-order valence-electron chi connectivity index (χ0n) is 14.8. The lowest BCUT2D eigenvalue weighted by Gasteiger charge is -2.29. The molecule has 0 spiro atoms. The molecule has 2 rings (SSSR count). The van der Waals surface area contributed by atoms with E-state index in [1.807, 2.05) is 0 Å². The summed E-state index contributed by atoms with van der Waals surface area (Å²) in [6, 6.07) is 3.55. The highest BCUT2D eigenvalue weighted by atomic mass is 16.5. The fourth-order valence-electron chi connectivity index (χ4n) is 2.91. The maximum absolute atomic E-state index is 12.4. The molecule has 0 aromatic heterocycles. The number of hydrogen-bond acceptors (Lipinski definition) is 5. The Balaban J connectivity index is 2.11. The molecular weight excluding hydrogens is 324 g/mol. The third-order valence-electron chi connectivity index (χ3n) is 4.35. The summed E-state index contributed by atoms with van der Waals surface area (Å²) in [5, 5.41) is 0. The number of likely N-dealkylation sites (tertiary alicyclic amines) is 1. The Morgan fingerprint density at radius 1 is 1.08 bits per heavy atom. The molecule has 0 radical (unpaired) electrons. The van der Waals surface area contributed by atoms with E-state index in [4.69, 9.17) is 19.9 Å². The van der Waals surface area contributed by atoms with Crippen molar-refractivity contribution in [3.63, 3.8) is 0 Å². The molecule has 1 aliphatic heterocycles. The third-order valence-corrected chi connectivity index (χ3v) is 4.35. The Hall–Kier alpha value is -2.70. The van der Waals surface area contributed by atoms with Crippen LogP contribution in [0.2, 0.25) is 0 Å². The van der Waals surface area contributed by atoms with Crippen LogP contribution in [0, 0.1) is 5.92 Å². The maximum atomic E-state index is 12.4. The Labute approximate surface area is 147 Å². The van der Waals surface area contributed by atoms with Gasteiger partial charge in [0.1, 0.15) is 0 Å². The molecule has 2 amide bonds. The zero-order valence-corrected chi connectivity index (χ0v) is 14.8. The van der Waals surface area contributed by atoms with Crippen LogP contribution in [0.4, 0.5) is 0 Å². The van der Waals surface area contributed by atoms with E-state index in [-0.39, 0.29) is 17.7 Å². The van der Waals surface area contributed by atoms with Crippen molar-refractivity contribution in [3.8, 4) is 17.2 Å². The van der Waals surface area contributed by atoms with E-state index in [0.717, 1.165) is 0 Å². The van der Waals surface area contributed by atoms with Crippen LogP contribution >= 0.6 is 0 Å². The van der Waals surface area contributed by atoms with Crippen molar-refractivity contribution < 1.29 is 23.8 Å². The molecule has 7 nitrogen and oxygen atoms in total. The number of nitrogens with zero attached hydrogens (tertiary/aromatic N) is 1. The first-order valence-corrected chi connectivity index (χ1v) is 8.07. The molecule has 1 fully saturated rings. The predicted molar refractivity (Wildman–Crippen MR) is 93.6 cm³/mol. The van der Waals surface area contributed by atoms with Gasteiger partial charge in [-0.05, 0) is 31.1 Å². The topological polar surface area (TPSA) is 91.1 Å². The standard InChI is InChI=1S/C18H24N2O5/c1-23-14-6-4-12(16(24-2)17(14)25-3)5-7-15(21)20-10-8-13(9-11-20)18(19)22/h4-7,13H,8-11H2,1-3H3,(H2,19,22)/b7-5+. The summed E-state index contributed by atoms with van der Waals surface area (Å²) in [6.07, 6.45) is 4.39. The lowest BCUT2D eigenvalue weighted by Crippen LogP contribution is -2.41. The van der Waals surface area contributed by atoms with Crippen LogP contribution in [0.15, 0.2) is 18.2 Å². The van der Waals surface area contributed by atoms with Crippen molar-refractivity contribution in [3.05, 3.63) is 23.8 Å². The fourth-order valence-corrected chi connectivity index (χ4v) is 2.91. The van der Waals surface area contributed by atoms with Crippen LogP contribution in [0.1, 0.15) is 18.4 Å². The summed E-state index contributed by atoms with van der Waals surface area (Å²) in [5.74, 6) is 0.980. The molecule has 1 heterocycles. The Morgan fingerprint density at radius 2 is 1.72 bits per heavy atom. The molecule has 0 aliphatic carbocycles. The van der Waals surface area contributed by atoms with Crippen molar-refractivity contribution in [2.75, 3.05) is 34.4 Å². The summed E-state index contributed by atoms with van der Waals surface area (Å²) in [4.78, 5) is 25.3. The number of ether oxygens (including phenoxy) is 3. The normalized spacial score (nSPS) is 15.2. The second kappa shape index (κ2) is 8.41. The summed E-state index contributed by atoms with van der Waals surface area (Å²) in [6.45, 7) is 1.06. The van der Waals surface area contributed by atoms with E-state index < -0.39 is 0 Å². The molecule has 1 saturated heterocycles. The van der Waals surface area contributed by atoms with Crippen molar-refractivity contribution in [1.82, 2.24) is 4.90 Å². The molecule has 0 bridgehead atoms. The minimum atomic E-state index is -0.294. The lowest BCUT2D eigenvalue weighted by molar-refractivity contribution is -0.130. The number of methoxy groups -OCH3 is 3. The van der Waals surface area contributed by atoms with Gasteiger partial charge in [-0.2, -0.15) is 0 Å². The number of carbonyl (C=O) groups is 2. The Morgan fingerprint density at radius 3 is 2.24 bits per heavy atom. The molecule has 0 unspecified atom stereocenters. The van der Waals surface area contributed by atoms with Crippen molar-refractivity contribution in [1.29, 1.82) is 0 Å². The number of benzene rings is 1. The highest BCUT2D eigenvalue weighted by Crippen LogP contribution is 2.40. The predicted octanol–water partition coefficient (Wildman–Crippen LogP) is 1.45. The minimum Gasteiger partial charge on any atom is -0.493 e. The van der Waals surface area contributed by atoms with E-state index in [0.29, 0.717) is 48.7 Å². The summed E-state index contributed by atoms with van der Waals surface area (Å²) < 4.78 is 16.0. The van der Waals surface area contributed by atoms with Gasteiger partial charge in [0.05, 0.1) is 21.3 Å². The summed E-state index contributed by atoms with van der Waals surface area (Å²) >= 11 is 0. The van der Waals surface area contributed by atoms with Gasteiger partial charge < -0.3 is 24.8 Å². The van der Waals surface area contributed by atoms with Gasteiger partial charge in [-0.3, -0.25) is 9.59 Å². The first-order valence-electron chi connectivity index (χ1n) is 8.07. The number of piperidine rings is 1. The van der Waals surface area contributed by atoms with Gasteiger partial charge in [0.15, 0.2) is 11.5 Å². The molecule has 0 atom stereocenters. The van der Waals surface area contributed by atoms with E-state index in [2.05, 4.69) is 0 Å². The largest absolute Gasteiger partial charge is 0.493 e. The molecule has 7 heteroatoms. The van der Waals surface area contributed by atoms with Crippen molar-refractivity contribution in [2.24, 2.45) is 11.7 Å². The Kier molecular flexibility index (Phi) is 6.27. The van der Waals surface area contributed by atoms with Gasteiger partial charge in [0.2, 0.25) is 17.6 Å². The maximum Gasteiger partial charge on any atom is 0.246 e. The van der Waals surface area contributed by atoms with Gasteiger partial charge in [0, 0.05) is 30.6 Å². The molecular formula is C18H24N2O5. The molecule has 0 saturated carbocycles. The third kappa shape index (κ3) is 4.23. The van der Waals surface area contributed by atoms with Crippen LogP contribution in [-0.2, 0) is 9.59 Å². The second-order valence-corrected chi connectivity index (χ2v) is 5.76. The Bertz CT molecular complexity index is 664. The van der Waals surface area contributed by atoms with Crippen molar-refractivity contribution >= 4 is 17.9 Å². The zero-order chi connectivity index (χ0) is 18.4. The highest BCUT2D eigenvalue weighted by molar-refractivity contribution is 5.92. The molecule has 1 aromatic carbocycles. The van der Waals surface area contributed by atoms with E-state index in [1.165, 1.54) is 20.3 Å². The van der Waals surface area contributed by atoms with E-state index >= 15 is 0 Å². The van der Waals surface area contributed by atoms with Crippen LogP contribution in [0.3, 0.4) is 0 Å². The number of rotatable bonds is 6. The summed E-state index contributed by atoms with van der Waals surface area (Å²) in [5.41, 5.74) is 6.02. The minimum absolute atomic E-state index is 0.111. The molecule has 25 heavy (non-hydrogen) atoms. The average molecular weight is 348 g/mol. The van der Waals surface area contributed by atoms with Crippen LogP contribution in [0.25, 0.3) is 6.08 Å². The number of amides is 2. The van der Waals surface area contributed by atoms with Gasteiger partial charge in [-0.25, -0.2) is 0 Å². The van der Waals surface area contributed by atoms with E-state index in [1.54, 1.807) is 30.2 Å². The lowest BCUT2D eigenvalue weighted by atomic mass is 9.96. The number of hydrogen-bond donors (Lipinski definition) is 1. The second-order valence-electron chi connectivity index (χ2n) is 5.76. The summed E-state index contributed by atoms with van der Waals surface area (Å²) in [7, 11) is 4.61. The molecule has 136 valence electrons. The van der Waals surface area contributed by atoms with Crippen LogP contribution in [0.5, 0.6) is 17.2 Å². The first-order chi connectivity index (χ1) is 12.0. The van der Waals surface area contributed by atoms with Crippen LogP contribution in [-0.4, -0.2) is 51.1 Å². The van der Waals surface area contributed by atoms with Crippen molar-refractivity contribution in [2.45, 2.75) is 12.8 Å². The number of nitrogens with two attached hydrogens (primary N) is 1. The average Bonchev–Trinajstić information content (AvgIpc) is 2.64. The fraction of sp³-hybridized carbons (Fsp3) is 0.444. The first kappa shape index (κ1) is 18.6. The monoisotopic (exact) mass is 348 g/mol. The van der Waals surface area contributed by atoms with Gasteiger partial charge in [-0.1, -0.05) is 0 Å². The quantitative estimate of drug-likeness (QED) is 0.786. The number of primary amides is 1. The van der Waals surface area contributed by atoms with E-state index in [9.17, 15) is 9.59 Å². The highest BCUT2D eigenvalue weighted by Gasteiger charge is 2.25.